The molecule has 1 aliphatic rings. The fourth-order valence-corrected chi connectivity index (χ4v) is 2.85. The molecule has 112 valence electrons. The van der Waals surface area contributed by atoms with Crippen molar-refractivity contribution in [1.82, 2.24) is 9.78 Å². The number of benzene rings is 2. The van der Waals surface area contributed by atoms with Gasteiger partial charge in [-0.05, 0) is 49.1 Å². The number of hydrogen-bond acceptors (Lipinski definition) is 3. The van der Waals surface area contributed by atoms with Gasteiger partial charge in [-0.1, -0.05) is 23.7 Å². The van der Waals surface area contributed by atoms with E-state index < -0.39 is 0 Å². The summed E-state index contributed by atoms with van der Waals surface area (Å²) >= 11 is 6.33. The van der Waals surface area contributed by atoms with E-state index in [4.69, 9.17) is 22.4 Å². The molecule has 0 amide bonds. The van der Waals surface area contributed by atoms with Gasteiger partial charge in [0.2, 0.25) is 0 Å². The number of anilines is 2. The summed E-state index contributed by atoms with van der Waals surface area (Å²) in [5, 5.41) is 9.92. The summed E-state index contributed by atoms with van der Waals surface area (Å²) in [5.41, 5.74) is 8.50. The summed E-state index contributed by atoms with van der Waals surface area (Å²) in [7, 11) is 0. The Bertz CT molecular complexity index is 836. The van der Waals surface area contributed by atoms with Crippen molar-refractivity contribution < 1.29 is 0 Å². The second kappa shape index (κ2) is 5.21. The first-order valence-corrected chi connectivity index (χ1v) is 7.87. The van der Waals surface area contributed by atoms with E-state index in [9.17, 15) is 0 Å². The number of para-hydroxylation sites is 1. The van der Waals surface area contributed by atoms with Gasteiger partial charge >= 0.3 is 0 Å². The lowest BCUT2D eigenvalue weighted by atomic mass is 10.2. The fraction of sp³-hybridized carbons (Fsp3) is 0.235. The second-order valence-corrected chi connectivity index (χ2v) is 6.22. The van der Waals surface area contributed by atoms with Crippen LogP contribution in [0.4, 0.5) is 11.5 Å². The molecule has 0 radical (unpaired) electrons. The molecular weight excluding hydrogens is 296 g/mol. The van der Waals surface area contributed by atoms with Crippen LogP contribution in [-0.2, 0) is 0 Å². The minimum Gasteiger partial charge on any atom is -0.399 e. The standard InChI is InChI=1S/C17H17ClN4/c18-14-3-1-2-4-15(14)22-16-9-12(19)7-8-13(16)17(21-22)20-10-11-5-6-11/h1-4,7-9,11H,5-6,10,19H2,(H,20,21). The molecule has 22 heavy (non-hydrogen) atoms. The molecule has 2 aromatic carbocycles. The second-order valence-electron chi connectivity index (χ2n) is 5.81. The van der Waals surface area contributed by atoms with Gasteiger partial charge in [0.15, 0.2) is 5.82 Å². The van der Waals surface area contributed by atoms with Crippen LogP contribution in [0.25, 0.3) is 16.6 Å². The minimum absolute atomic E-state index is 0.670. The lowest BCUT2D eigenvalue weighted by Gasteiger charge is -2.05. The first kappa shape index (κ1) is 13.5. The topological polar surface area (TPSA) is 55.9 Å². The van der Waals surface area contributed by atoms with Gasteiger partial charge in [-0.2, -0.15) is 0 Å². The zero-order valence-corrected chi connectivity index (χ0v) is 12.8. The number of halogens is 1. The molecule has 1 fully saturated rings. The lowest BCUT2D eigenvalue weighted by Crippen LogP contribution is -2.05. The highest BCUT2D eigenvalue weighted by atomic mass is 35.5. The summed E-state index contributed by atoms with van der Waals surface area (Å²) < 4.78 is 1.86. The predicted molar refractivity (Wildman–Crippen MR) is 91.7 cm³/mol. The highest BCUT2D eigenvalue weighted by Crippen LogP contribution is 2.32. The van der Waals surface area contributed by atoms with Crippen molar-refractivity contribution in [1.29, 1.82) is 0 Å². The van der Waals surface area contributed by atoms with Crippen molar-refractivity contribution in [3.8, 4) is 5.69 Å². The van der Waals surface area contributed by atoms with Crippen molar-refractivity contribution in [2.45, 2.75) is 12.8 Å². The normalized spacial score (nSPS) is 14.4. The quantitative estimate of drug-likeness (QED) is 0.714. The van der Waals surface area contributed by atoms with Crippen LogP contribution in [0.15, 0.2) is 42.5 Å². The smallest absolute Gasteiger partial charge is 0.156 e. The van der Waals surface area contributed by atoms with Crippen molar-refractivity contribution in [2.24, 2.45) is 5.92 Å². The number of hydrogen-bond donors (Lipinski definition) is 2. The number of rotatable bonds is 4. The largest absolute Gasteiger partial charge is 0.399 e. The Hall–Kier alpha value is -2.20. The van der Waals surface area contributed by atoms with Crippen LogP contribution in [0.2, 0.25) is 5.02 Å². The Kier molecular flexibility index (Phi) is 3.19. The van der Waals surface area contributed by atoms with Crippen LogP contribution in [0, 0.1) is 5.92 Å². The maximum atomic E-state index is 6.33. The molecule has 4 nitrogen and oxygen atoms in total. The average Bonchev–Trinajstić information content (AvgIpc) is 3.28. The van der Waals surface area contributed by atoms with Crippen LogP contribution in [0.1, 0.15) is 12.8 Å². The Labute approximate surface area is 133 Å². The van der Waals surface area contributed by atoms with Gasteiger partial charge < -0.3 is 11.1 Å². The molecule has 1 aromatic heterocycles. The zero-order chi connectivity index (χ0) is 15.1. The van der Waals surface area contributed by atoms with Crippen LogP contribution < -0.4 is 11.1 Å². The molecule has 0 atom stereocenters. The van der Waals surface area contributed by atoms with E-state index in [1.807, 2.05) is 47.1 Å². The molecule has 0 aliphatic heterocycles. The number of nitrogens with two attached hydrogens (primary N) is 1. The summed E-state index contributed by atoms with van der Waals surface area (Å²) in [6, 6.07) is 13.6. The highest BCUT2D eigenvalue weighted by Gasteiger charge is 2.22. The Morgan fingerprint density at radius 1 is 1.23 bits per heavy atom. The molecule has 5 heteroatoms. The summed E-state index contributed by atoms with van der Waals surface area (Å²) in [6.07, 6.45) is 2.62. The maximum Gasteiger partial charge on any atom is 0.156 e. The SMILES string of the molecule is Nc1ccc2c(NCC3CC3)nn(-c3ccccc3Cl)c2c1. The molecule has 4 rings (SSSR count). The number of nitrogens with one attached hydrogen (secondary N) is 1. The first-order valence-electron chi connectivity index (χ1n) is 7.49. The first-order chi connectivity index (χ1) is 10.7. The molecule has 1 heterocycles. The Balaban J connectivity index is 1.85. The molecule has 3 aromatic rings. The molecule has 0 spiro atoms. The summed E-state index contributed by atoms with van der Waals surface area (Å²) in [4.78, 5) is 0. The van der Waals surface area contributed by atoms with Crippen LogP contribution >= 0.6 is 11.6 Å². The Morgan fingerprint density at radius 3 is 2.82 bits per heavy atom. The van der Waals surface area contributed by atoms with Crippen molar-refractivity contribution in [3.63, 3.8) is 0 Å². The van der Waals surface area contributed by atoms with Crippen LogP contribution in [0.5, 0.6) is 0 Å². The molecule has 0 bridgehead atoms. The molecular formula is C17H17ClN4. The third-order valence-corrected chi connectivity index (χ3v) is 4.36. The van der Waals surface area contributed by atoms with Crippen molar-refractivity contribution in [2.75, 3.05) is 17.6 Å². The van der Waals surface area contributed by atoms with E-state index >= 15 is 0 Å². The highest BCUT2D eigenvalue weighted by molar-refractivity contribution is 6.32. The van der Waals surface area contributed by atoms with E-state index in [-0.39, 0.29) is 0 Å². The Morgan fingerprint density at radius 2 is 2.05 bits per heavy atom. The maximum absolute atomic E-state index is 6.33. The van der Waals surface area contributed by atoms with Gasteiger partial charge in [0.1, 0.15) is 0 Å². The van der Waals surface area contributed by atoms with E-state index in [0.717, 1.165) is 40.6 Å². The van der Waals surface area contributed by atoms with Crippen LogP contribution in [0.3, 0.4) is 0 Å². The van der Waals surface area contributed by atoms with Crippen molar-refractivity contribution in [3.05, 3.63) is 47.5 Å². The lowest BCUT2D eigenvalue weighted by molar-refractivity contribution is 0.861. The minimum atomic E-state index is 0.670. The summed E-state index contributed by atoms with van der Waals surface area (Å²) in [6.45, 7) is 0.971. The van der Waals surface area contributed by atoms with E-state index in [1.54, 1.807) is 0 Å². The van der Waals surface area contributed by atoms with E-state index in [2.05, 4.69) is 5.32 Å². The molecule has 1 aliphatic carbocycles. The van der Waals surface area contributed by atoms with Gasteiger partial charge in [0, 0.05) is 17.6 Å². The average molecular weight is 313 g/mol. The van der Waals surface area contributed by atoms with Gasteiger partial charge in [-0.25, -0.2) is 4.68 Å². The molecule has 0 saturated heterocycles. The third-order valence-electron chi connectivity index (χ3n) is 4.04. The zero-order valence-electron chi connectivity index (χ0n) is 12.1. The monoisotopic (exact) mass is 312 g/mol. The van der Waals surface area contributed by atoms with E-state index in [1.165, 1.54) is 12.8 Å². The number of nitrogens with zero attached hydrogens (tertiary/aromatic N) is 2. The molecule has 3 N–H and O–H groups in total. The van der Waals surface area contributed by atoms with Gasteiger partial charge in [0.05, 0.1) is 16.2 Å². The third kappa shape index (κ3) is 2.40. The molecule has 1 saturated carbocycles. The summed E-state index contributed by atoms with van der Waals surface area (Å²) in [5.74, 6) is 1.68. The number of fused-ring (bicyclic) bond motifs is 1. The van der Waals surface area contributed by atoms with Gasteiger partial charge in [0.25, 0.3) is 0 Å². The predicted octanol–water partition coefficient (Wildman–Crippen LogP) is 4.08. The number of nitrogen functional groups attached to an aromatic ring is 1. The van der Waals surface area contributed by atoms with E-state index in [0.29, 0.717) is 5.02 Å². The van der Waals surface area contributed by atoms with Crippen LogP contribution in [-0.4, -0.2) is 16.3 Å². The van der Waals surface area contributed by atoms with Gasteiger partial charge in [-0.15, -0.1) is 5.10 Å². The number of aromatic nitrogens is 2. The molecule has 0 unspecified atom stereocenters. The fourth-order valence-electron chi connectivity index (χ4n) is 2.63. The van der Waals surface area contributed by atoms with Gasteiger partial charge in [-0.3, -0.25) is 0 Å². The van der Waals surface area contributed by atoms with Crippen molar-refractivity contribution >= 4 is 34.0 Å².